The lowest BCUT2D eigenvalue weighted by atomic mass is 9.91. The summed E-state index contributed by atoms with van der Waals surface area (Å²) in [6.45, 7) is 9.36. The summed E-state index contributed by atoms with van der Waals surface area (Å²) in [5, 5.41) is 9.15. The fraction of sp³-hybridized carbons (Fsp3) is 1.00. The van der Waals surface area contributed by atoms with Crippen LogP contribution in [0.2, 0.25) is 0 Å². The molecule has 1 unspecified atom stereocenters. The van der Waals surface area contributed by atoms with E-state index < -0.39 is 0 Å². The Balaban J connectivity index is 2.50. The van der Waals surface area contributed by atoms with Crippen molar-refractivity contribution in [2.24, 2.45) is 5.41 Å². The van der Waals surface area contributed by atoms with Crippen molar-refractivity contribution in [1.82, 2.24) is 4.90 Å². The number of nitrogens with zero attached hydrogens (tertiary/aromatic N) is 1. The molecule has 0 amide bonds. The van der Waals surface area contributed by atoms with E-state index in [4.69, 9.17) is 5.11 Å². The molecule has 0 bridgehead atoms. The van der Waals surface area contributed by atoms with Crippen molar-refractivity contribution in [2.75, 3.05) is 19.7 Å². The van der Waals surface area contributed by atoms with E-state index >= 15 is 0 Å². The lowest BCUT2D eigenvalue weighted by Crippen LogP contribution is -2.33. The minimum atomic E-state index is 0.323. The van der Waals surface area contributed by atoms with Gasteiger partial charge in [-0.2, -0.15) is 0 Å². The normalized spacial score (nSPS) is 29.5. The Morgan fingerprint density at radius 3 is 2.67 bits per heavy atom. The Morgan fingerprint density at radius 2 is 2.17 bits per heavy atom. The van der Waals surface area contributed by atoms with E-state index in [0.29, 0.717) is 18.1 Å². The van der Waals surface area contributed by atoms with Crippen LogP contribution in [-0.4, -0.2) is 35.7 Å². The smallest absolute Gasteiger partial charge is 0.0587 e. The van der Waals surface area contributed by atoms with Crippen LogP contribution in [0.3, 0.4) is 0 Å². The summed E-state index contributed by atoms with van der Waals surface area (Å²) in [6.07, 6.45) is 2.33. The zero-order valence-electron chi connectivity index (χ0n) is 8.51. The second-order valence-corrected chi connectivity index (χ2v) is 4.68. The topological polar surface area (TPSA) is 23.5 Å². The molecule has 0 aliphatic carbocycles. The van der Waals surface area contributed by atoms with Crippen LogP contribution >= 0.6 is 0 Å². The fourth-order valence-corrected chi connectivity index (χ4v) is 2.24. The average molecular weight is 171 g/mol. The highest BCUT2D eigenvalue weighted by Gasteiger charge is 2.35. The van der Waals surface area contributed by atoms with Crippen LogP contribution in [0, 0.1) is 5.41 Å². The molecule has 0 saturated carbocycles. The van der Waals surface area contributed by atoms with Gasteiger partial charge in [0.25, 0.3) is 0 Å². The SMILES string of the molecule is CCCN1CC(C)(C)CC1CO. The van der Waals surface area contributed by atoms with Gasteiger partial charge in [0.05, 0.1) is 6.61 Å². The van der Waals surface area contributed by atoms with Crippen LogP contribution in [0.25, 0.3) is 0 Å². The Kier molecular flexibility index (Phi) is 3.13. The number of hydrogen-bond acceptors (Lipinski definition) is 2. The first-order valence-corrected chi connectivity index (χ1v) is 4.94. The van der Waals surface area contributed by atoms with Gasteiger partial charge >= 0.3 is 0 Å². The van der Waals surface area contributed by atoms with Gasteiger partial charge in [-0.3, -0.25) is 4.90 Å². The monoisotopic (exact) mass is 171 g/mol. The summed E-state index contributed by atoms with van der Waals surface area (Å²) >= 11 is 0. The maximum Gasteiger partial charge on any atom is 0.0587 e. The molecule has 1 N–H and O–H groups in total. The summed E-state index contributed by atoms with van der Waals surface area (Å²) in [6, 6.07) is 0.417. The van der Waals surface area contributed by atoms with Crippen LogP contribution in [0.1, 0.15) is 33.6 Å². The molecular weight excluding hydrogens is 150 g/mol. The number of hydrogen-bond donors (Lipinski definition) is 1. The van der Waals surface area contributed by atoms with Crippen LogP contribution in [0.15, 0.2) is 0 Å². The van der Waals surface area contributed by atoms with Crippen LogP contribution < -0.4 is 0 Å². The Bertz CT molecular complexity index is 145. The number of likely N-dealkylation sites (tertiary alicyclic amines) is 1. The number of aliphatic hydroxyl groups excluding tert-OH is 1. The molecule has 1 aliphatic heterocycles. The zero-order chi connectivity index (χ0) is 9.19. The molecule has 1 fully saturated rings. The highest BCUT2D eigenvalue weighted by molar-refractivity contribution is 4.89. The molecule has 1 aliphatic rings. The van der Waals surface area contributed by atoms with Crippen molar-refractivity contribution in [3.8, 4) is 0 Å². The van der Waals surface area contributed by atoms with Gasteiger partial charge in [-0.05, 0) is 24.8 Å². The van der Waals surface area contributed by atoms with Gasteiger partial charge in [0.15, 0.2) is 0 Å². The quantitative estimate of drug-likeness (QED) is 0.695. The zero-order valence-corrected chi connectivity index (χ0v) is 8.51. The minimum Gasteiger partial charge on any atom is -0.395 e. The summed E-state index contributed by atoms with van der Waals surface area (Å²) in [5.74, 6) is 0. The first kappa shape index (κ1) is 10.0. The Morgan fingerprint density at radius 1 is 1.50 bits per heavy atom. The van der Waals surface area contributed by atoms with Gasteiger partial charge in [0.2, 0.25) is 0 Å². The van der Waals surface area contributed by atoms with Crippen molar-refractivity contribution in [2.45, 2.75) is 39.7 Å². The second kappa shape index (κ2) is 3.75. The maximum absolute atomic E-state index is 9.15. The van der Waals surface area contributed by atoms with Crippen LogP contribution in [0.5, 0.6) is 0 Å². The van der Waals surface area contributed by atoms with E-state index in [0.717, 1.165) is 19.5 Å². The molecule has 0 aromatic carbocycles. The molecule has 2 heteroatoms. The van der Waals surface area contributed by atoms with E-state index in [1.54, 1.807) is 0 Å². The molecule has 1 rings (SSSR count). The molecule has 12 heavy (non-hydrogen) atoms. The van der Waals surface area contributed by atoms with E-state index in [9.17, 15) is 0 Å². The van der Waals surface area contributed by atoms with E-state index in [1.807, 2.05) is 0 Å². The van der Waals surface area contributed by atoms with Gasteiger partial charge in [-0.15, -0.1) is 0 Å². The number of rotatable bonds is 3. The lowest BCUT2D eigenvalue weighted by Gasteiger charge is -2.21. The summed E-state index contributed by atoms with van der Waals surface area (Å²) < 4.78 is 0. The van der Waals surface area contributed by atoms with E-state index in [1.165, 1.54) is 6.42 Å². The summed E-state index contributed by atoms with van der Waals surface area (Å²) in [5.41, 5.74) is 0.405. The third kappa shape index (κ3) is 2.20. The third-order valence-electron chi connectivity index (χ3n) is 2.66. The molecule has 0 aromatic heterocycles. The molecule has 1 saturated heterocycles. The van der Waals surface area contributed by atoms with E-state index in [2.05, 4.69) is 25.7 Å². The van der Waals surface area contributed by atoms with Gasteiger partial charge in [-0.1, -0.05) is 20.8 Å². The first-order chi connectivity index (χ1) is 5.59. The van der Waals surface area contributed by atoms with Crippen molar-refractivity contribution in [1.29, 1.82) is 0 Å². The van der Waals surface area contributed by atoms with E-state index in [-0.39, 0.29) is 0 Å². The van der Waals surface area contributed by atoms with Crippen molar-refractivity contribution >= 4 is 0 Å². The molecular formula is C10H21NO. The molecule has 1 heterocycles. The van der Waals surface area contributed by atoms with Crippen molar-refractivity contribution < 1.29 is 5.11 Å². The van der Waals surface area contributed by atoms with Crippen molar-refractivity contribution in [3.63, 3.8) is 0 Å². The third-order valence-corrected chi connectivity index (χ3v) is 2.66. The standard InChI is InChI=1S/C10H21NO/c1-4-5-11-8-10(2,3)6-9(11)7-12/h9,12H,4-8H2,1-3H3. The highest BCUT2D eigenvalue weighted by atomic mass is 16.3. The average Bonchev–Trinajstić information content (AvgIpc) is 2.26. The number of aliphatic hydroxyl groups is 1. The van der Waals surface area contributed by atoms with Crippen LogP contribution in [0.4, 0.5) is 0 Å². The van der Waals surface area contributed by atoms with Gasteiger partial charge in [-0.25, -0.2) is 0 Å². The first-order valence-electron chi connectivity index (χ1n) is 4.94. The fourth-order valence-electron chi connectivity index (χ4n) is 2.24. The molecule has 0 radical (unpaired) electrons. The maximum atomic E-state index is 9.15. The largest absolute Gasteiger partial charge is 0.395 e. The Labute approximate surface area is 75.6 Å². The molecule has 1 atom stereocenters. The van der Waals surface area contributed by atoms with Crippen LogP contribution in [-0.2, 0) is 0 Å². The van der Waals surface area contributed by atoms with Gasteiger partial charge in [0, 0.05) is 12.6 Å². The summed E-state index contributed by atoms with van der Waals surface area (Å²) in [7, 11) is 0. The van der Waals surface area contributed by atoms with Gasteiger partial charge < -0.3 is 5.11 Å². The molecule has 72 valence electrons. The van der Waals surface area contributed by atoms with Gasteiger partial charge in [0.1, 0.15) is 0 Å². The molecule has 0 spiro atoms. The Hall–Kier alpha value is -0.0800. The lowest BCUT2D eigenvalue weighted by molar-refractivity contribution is 0.158. The molecule has 0 aromatic rings. The predicted molar refractivity (Wildman–Crippen MR) is 51.1 cm³/mol. The predicted octanol–water partition coefficient (Wildman–Crippen LogP) is 1.49. The molecule has 2 nitrogen and oxygen atoms in total. The highest BCUT2D eigenvalue weighted by Crippen LogP contribution is 2.33. The van der Waals surface area contributed by atoms with Crippen molar-refractivity contribution in [3.05, 3.63) is 0 Å². The summed E-state index contributed by atoms with van der Waals surface area (Å²) in [4.78, 5) is 2.42. The second-order valence-electron chi connectivity index (χ2n) is 4.68. The minimum absolute atomic E-state index is 0.323.